The number of aryl methyl sites for hydroxylation is 2. The zero-order valence-corrected chi connectivity index (χ0v) is 23.8. The second-order valence-corrected chi connectivity index (χ2v) is 13.6. The first-order chi connectivity index (χ1) is 18.6. The highest BCUT2D eigenvalue weighted by molar-refractivity contribution is 8.26. The van der Waals surface area contributed by atoms with Crippen LogP contribution in [0.25, 0.3) is 11.4 Å². The van der Waals surface area contributed by atoms with Crippen molar-refractivity contribution in [2.75, 3.05) is 43.1 Å². The minimum Gasteiger partial charge on any atom is -0.395 e. The lowest BCUT2D eigenvalue weighted by atomic mass is 10.1. The second kappa shape index (κ2) is 11.0. The molecule has 2 aliphatic rings. The van der Waals surface area contributed by atoms with Crippen LogP contribution in [-0.2, 0) is 9.48 Å². The van der Waals surface area contributed by atoms with Gasteiger partial charge in [0.15, 0.2) is 5.82 Å². The normalized spacial score (nSPS) is 19.0. The molecule has 0 unspecified atom stereocenters. The molecule has 2 fully saturated rings. The summed E-state index contributed by atoms with van der Waals surface area (Å²) in [4.78, 5) is 28.4. The molecule has 1 aromatic carbocycles. The first-order valence-corrected chi connectivity index (χ1v) is 15.2. The Labute approximate surface area is 233 Å². The molecular formula is C26H34N6O5S2. The summed E-state index contributed by atoms with van der Waals surface area (Å²) in [5, 5.41) is 15.0. The van der Waals surface area contributed by atoms with Crippen molar-refractivity contribution >= 4 is 39.5 Å². The fourth-order valence-electron chi connectivity index (χ4n) is 4.81. The van der Waals surface area contributed by atoms with E-state index in [1.165, 1.54) is 11.3 Å². The molecule has 3 aromatic rings. The SMILES string of the molecule is Cc1nc(C)c(S(O)(O)C2(c3cc(N4CCOC[C@@H]4C)nc(-c4ccc(NC(=O)NCCO)cc4)n3)CC2)s1. The van der Waals surface area contributed by atoms with Gasteiger partial charge in [-0.15, -0.1) is 21.9 Å². The number of nitrogens with zero attached hydrogens (tertiary/aromatic N) is 4. The number of carbonyl (C=O) groups excluding carboxylic acids is 1. The lowest BCUT2D eigenvalue weighted by molar-refractivity contribution is 0.0985. The Morgan fingerprint density at radius 3 is 2.56 bits per heavy atom. The Bertz CT molecular complexity index is 1350. The van der Waals surface area contributed by atoms with E-state index in [4.69, 9.17) is 19.8 Å². The summed E-state index contributed by atoms with van der Waals surface area (Å²) in [6.45, 7) is 7.60. The molecule has 11 nitrogen and oxygen atoms in total. The number of aromatic nitrogens is 3. The molecule has 3 heterocycles. The van der Waals surface area contributed by atoms with Crippen LogP contribution in [0.1, 0.15) is 36.2 Å². The number of rotatable bonds is 8. The van der Waals surface area contributed by atoms with Crippen molar-refractivity contribution in [2.45, 2.75) is 48.6 Å². The van der Waals surface area contributed by atoms with Gasteiger partial charge in [0.05, 0.1) is 42.3 Å². The largest absolute Gasteiger partial charge is 0.395 e. The molecule has 5 rings (SSSR count). The molecule has 1 aliphatic carbocycles. The summed E-state index contributed by atoms with van der Waals surface area (Å²) in [6, 6.07) is 8.74. The first-order valence-electron chi connectivity index (χ1n) is 12.9. The average Bonchev–Trinajstić information content (AvgIpc) is 3.67. The van der Waals surface area contributed by atoms with E-state index in [1.54, 1.807) is 12.1 Å². The lowest BCUT2D eigenvalue weighted by Crippen LogP contribution is -2.44. The monoisotopic (exact) mass is 574 g/mol. The third kappa shape index (κ3) is 5.47. The maximum Gasteiger partial charge on any atom is 0.319 e. The molecule has 2 amide bonds. The molecule has 0 spiro atoms. The lowest BCUT2D eigenvalue weighted by Gasteiger charge is -2.40. The third-order valence-electron chi connectivity index (χ3n) is 7.01. The molecule has 1 saturated carbocycles. The molecular weight excluding hydrogens is 540 g/mol. The number of hydrogen-bond acceptors (Lipinski definition) is 10. The number of hydrogen-bond donors (Lipinski definition) is 5. The van der Waals surface area contributed by atoms with Crippen LogP contribution >= 0.6 is 21.9 Å². The number of carbonyl (C=O) groups is 1. The van der Waals surface area contributed by atoms with Crippen molar-refractivity contribution < 1.29 is 23.7 Å². The van der Waals surface area contributed by atoms with E-state index >= 15 is 0 Å². The Kier molecular flexibility index (Phi) is 7.82. The molecule has 1 atom stereocenters. The highest BCUT2D eigenvalue weighted by Crippen LogP contribution is 2.76. The second-order valence-electron chi connectivity index (χ2n) is 9.88. The van der Waals surface area contributed by atoms with Gasteiger partial charge in [-0.25, -0.2) is 19.7 Å². The Hall–Kier alpha value is -2.81. The van der Waals surface area contributed by atoms with E-state index in [0.717, 1.165) is 16.4 Å². The summed E-state index contributed by atoms with van der Waals surface area (Å²) in [5.74, 6) is 1.19. The van der Waals surface area contributed by atoms with E-state index in [9.17, 15) is 13.9 Å². The van der Waals surface area contributed by atoms with E-state index in [2.05, 4.69) is 27.4 Å². The molecule has 13 heteroatoms. The number of nitrogens with one attached hydrogen (secondary N) is 2. The van der Waals surface area contributed by atoms with Crippen molar-refractivity contribution in [2.24, 2.45) is 0 Å². The maximum atomic E-state index is 12.0. The summed E-state index contributed by atoms with van der Waals surface area (Å²) >= 11 is 1.33. The quantitative estimate of drug-likeness (QED) is 0.264. The topological polar surface area (TPSA) is 153 Å². The van der Waals surface area contributed by atoms with Gasteiger partial charge in [-0.2, -0.15) is 0 Å². The minimum absolute atomic E-state index is 0.0975. The van der Waals surface area contributed by atoms with Gasteiger partial charge in [0.1, 0.15) is 14.8 Å². The molecule has 39 heavy (non-hydrogen) atoms. The number of amides is 2. The molecule has 210 valence electrons. The van der Waals surface area contributed by atoms with Crippen molar-refractivity contribution in [3.8, 4) is 11.4 Å². The zero-order chi connectivity index (χ0) is 27.8. The van der Waals surface area contributed by atoms with Crippen LogP contribution in [0, 0.1) is 13.8 Å². The summed E-state index contributed by atoms with van der Waals surface area (Å²) in [6.07, 6.45) is 1.21. The van der Waals surface area contributed by atoms with Crippen molar-refractivity contribution in [1.29, 1.82) is 0 Å². The van der Waals surface area contributed by atoms with E-state index in [-0.39, 0.29) is 19.2 Å². The van der Waals surface area contributed by atoms with Gasteiger partial charge in [-0.3, -0.25) is 9.11 Å². The molecule has 2 aromatic heterocycles. The number of aliphatic hydroxyl groups is 1. The molecule has 0 radical (unpaired) electrons. The van der Waals surface area contributed by atoms with Gasteiger partial charge in [-0.05, 0) is 57.9 Å². The zero-order valence-electron chi connectivity index (χ0n) is 22.2. The van der Waals surface area contributed by atoms with Crippen LogP contribution in [0.15, 0.2) is 34.5 Å². The van der Waals surface area contributed by atoms with Gasteiger partial charge in [0.25, 0.3) is 0 Å². The maximum absolute atomic E-state index is 12.0. The Morgan fingerprint density at radius 1 is 1.21 bits per heavy atom. The predicted octanol–water partition coefficient (Wildman–Crippen LogP) is 4.35. The fourth-order valence-corrected chi connectivity index (χ4v) is 8.64. The molecule has 0 bridgehead atoms. The van der Waals surface area contributed by atoms with Gasteiger partial charge >= 0.3 is 6.03 Å². The summed E-state index contributed by atoms with van der Waals surface area (Å²) in [7, 11) is -3.23. The van der Waals surface area contributed by atoms with Gasteiger partial charge in [0, 0.05) is 30.4 Å². The van der Waals surface area contributed by atoms with Gasteiger partial charge in [0.2, 0.25) is 0 Å². The van der Waals surface area contributed by atoms with E-state index in [0.29, 0.717) is 59.7 Å². The number of urea groups is 1. The molecule has 1 saturated heterocycles. The third-order valence-corrected chi connectivity index (χ3v) is 11.3. The van der Waals surface area contributed by atoms with Crippen LogP contribution in [-0.4, -0.2) is 74.1 Å². The van der Waals surface area contributed by atoms with Gasteiger partial charge < -0.3 is 25.4 Å². The number of thiazole rings is 1. The van der Waals surface area contributed by atoms with Gasteiger partial charge in [-0.1, -0.05) is 0 Å². The number of morpholine rings is 1. The summed E-state index contributed by atoms with van der Waals surface area (Å²) in [5.41, 5.74) is 2.57. The van der Waals surface area contributed by atoms with Crippen LogP contribution in [0.5, 0.6) is 0 Å². The van der Waals surface area contributed by atoms with Crippen LogP contribution < -0.4 is 15.5 Å². The average molecular weight is 575 g/mol. The van der Waals surface area contributed by atoms with Crippen molar-refractivity contribution in [3.63, 3.8) is 0 Å². The predicted molar refractivity (Wildman–Crippen MR) is 153 cm³/mol. The van der Waals surface area contributed by atoms with Crippen molar-refractivity contribution in [1.82, 2.24) is 20.3 Å². The minimum atomic E-state index is -3.23. The first kappa shape index (κ1) is 27.7. The fraction of sp³-hybridized carbons (Fsp3) is 0.462. The molecule has 1 aliphatic heterocycles. The van der Waals surface area contributed by atoms with E-state index < -0.39 is 21.4 Å². The number of ether oxygens (including phenoxy) is 1. The molecule has 5 N–H and O–H groups in total. The number of aliphatic hydroxyl groups excluding tert-OH is 1. The number of anilines is 2. The van der Waals surface area contributed by atoms with Crippen LogP contribution in [0.2, 0.25) is 0 Å². The smallest absolute Gasteiger partial charge is 0.319 e. The number of benzene rings is 1. The Balaban J connectivity index is 1.53. The standard InChI is InChI=1S/C26H34N6O5S2/c1-16-15-37-13-11-32(16)22-14-21(26(8-9-26)39(35,36)24-17(2)28-18(3)38-24)30-23(31-22)19-4-6-20(7-5-19)29-25(34)27-10-12-33/h4-7,14,16,33,35-36H,8-13,15H2,1-3H3,(H2,27,29,34)/t16-/m0/s1. The van der Waals surface area contributed by atoms with E-state index in [1.807, 2.05) is 32.0 Å². The van der Waals surface area contributed by atoms with Crippen molar-refractivity contribution in [3.05, 3.63) is 46.7 Å². The van der Waals surface area contributed by atoms with Crippen LogP contribution in [0.4, 0.5) is 16.3 Å². The highest BCUT2D eigenvalue weighted by Gasteiger charge is 2.58. The highest BCUT2D eigenvalue weighted by atomic mass is 32.3. The Morgan fingerprint density at radius 2 is 1.95 bits per heavy atom. The summed E-state index contributed by atoms with van der Waals surface area (Å²) < 4.78 is 28.6. The van der Waals surface area contributed by atoms with Crippen LogP contribution in [0.3, 0.4) is 0 Å².